The van der Waals surface area contributed by atoms with Crippen LogP contribution in [-0.2, 0) is 6.42 Å². The van der Waals surface area contributed by atoms with Crippen LogP contribution in [0.25, 0.3) is 0 Å². The lowest BCUT2D eigenvalue weighted by Crippen LogP contribution is -2.10. The summed E-state index contributed by atoms with van der Waals surface area (Å²) in [6.45, 7) is 0. The van der Waals surface area contributed by atoms with Gasteiger partial charge in [-0.2, -0.15) is 0 Å². The van der Waals surface area contributed by atoms with Crippen LogP contribution in [-0.4, -0.2) is 10.7 Å². The van der Waals surface area contributed by atoms with E-state index in [4.69, 9.17) is 0 Å². The first kappa shape index (κ1) is 11.7. The number of halogens is 1. The molecular weight excluding hydrogens is 276 g/mol. The van der Waals surface area contributed by atoms with Gasteiger partial charge >= 0.3 is 0 Å². The van der Waals surface area contributed by atoms with Crippen molar-refractivity contribution in [3.63, 3.8) is 0 Å². The van der Waals surface area contributed by atoms with Gasteiger partial charge in [0.25, 0.3) is 0 Å². The molecule has 92 valence electrons. The van der Waals surface area contributed by atoms with Crippen molar-refractivity contribution in [2.75, 3.05) is 0 Å². The SMILES string of the molecule is OC1(Cc2ccc(C3CCCC3)c(Br)c2)CC1. The van der Waals surface area contributed by atoms with Crippen LogP contribution in [0.3, 0.4) is 0 Å². The van der Waals surface area contributed by atoms with Gasteiger partial charge in [-0.3, -0.25) is 0 Å². The molecule has 1 aromatic rings. The fraction of sp³-hybridized carbons (Fsp3) is 0.600. The second kappa shape index (κ2) is 4.40. The highest BCUT2D eigenvalue weighted by molar-refractivity contribution is 9.10. The summed E-state index contributed by atoms with van der Waals surface area (Å²) in [5, 5.41) is 9.94. The van der Waals surface area contributed by atoms with Crippen LogP contribution >= 0.6 is 15.9 Å². The lowest BCUT2D eigenvalue weighted by Gasteiger charge is -2.14. The molecule has 0 spiro atoms. The van der Waals surface area contributed by atoms with E-state index in [1.807, 2.05) is 0 Å². The molecule has 2 aliphatic rings. The number of benzene rings is 1. The maximum atomic E-state index is 9.94. The highest BCUT2D eigenvalue weighted by Gasteiger charge is 2.40. The van der Waals surface area contributed by atoms with Crippen molar-refractivity contribution in [2.45, 2.75) is 56.5 Å². The molecule has 0 unspecified atom stereocenters. The normalized spacial score (nSPS) is 22.9. The van der Waals surface area contributed by atoms with Crippen molar-refractivity contribution < 1.29 is 5.11 Å². The summed E-state index contributed by atoms with van der Waals surface area (Å²) in [6, 6.07) is 6.68. The third-order valence-electron chi connectivity index (χ3n) is 4.22. The van der Waals surface area contributed by atoms with Crippen molar-refractivity contribution in [3.8, 4) is 0 Å². The van der Waals surface area contributed by atoms with Crippen molar-refractivity contribution >= 4 is 15.9 Å². The molecule has 2 saturated carbocycles. The molecule has 2 heteroatoms. The van der Waals surface area contributed by atoms with Crippen molar-refractivity contribution in [1.82, 2.24) is 0 Å². The first-order valence-corrected chi connectivity index (χ1v) is 7.46. The van der Waals surface area contributed by atoms with E-state index in [0.717, 1.165) is 25.2 Å². The monoisotopic (exact) mass is 294 g/mol. The average molecular weight is 295 g/mol. The Morgan fingerprint density at radius 1 is 1.24 bits per heavy atom. The zero-order chi connectivity index (χ0) is 11.9. The molecule has 2 aliphatic carbocycles. The predicted octanol–water partition coefficient (Wildman–Crippen LogP) is 4.17. The largest absolute Gasteiger partial charge is 0.390 e. The Bertz CT molecular complexity index is 417. The smallest absolute Gasteiger partial charge is 0.0690 e. The lowest BCUT2D eigenvalue weighted by molar-refractivity contribution is 0.151. The van der Waals surface area contributed by atoms with Gasteiger partial charge in [0.2, 0.25) is 0 Å². The molecule has 0 atom stereocenters. The van der Waals surface area contributed by atoms with E-state index in [9.17, 15) is 5.11 Å². The molecule has 1 N–H and O–H groups in total. The van der Waals surface area contributed by atoms with Crippen LogP contribution in [0.15, 0.2) is 22.7 Å². The van der Waals surface area contributed by atoms with Gasteiger partial charge in [0.1, 0.15) is 0 Å². The van der Waals surface area contributed by atoms with Crippen LogP contribution in [0, 0.1) is 0 Å². The third kappa shape index (κ3) is 2.58. The van der Waals surface area contributed by atoms with Crippen LogP contribution in [0.2, 0.25) is 0 Å². The molecule has 0 aromatic heterocycles. The van der Waals surface area contributed by atoms with Gasteiger partial charge in [-0.1, -0.05) is 40.9 Å². The van der Waals surface area contributed by atoms with E-state index in [2.05, 4.69) is 34.1 Å². The third-order valence-corrected chi connectivity index (χ3v) is 4.91. The predicted molar refractivity (Wildman–Crippen MR) is 73.2 cm³/mol. The molecule has 2 fully saturated rings. The summed E-state index contributed by atoms with van der Waals surface area (Å²) in [6.07, 6.45) is 8.17. The van der Waals surface area contributed by atoms with Gasteiger partial charge in [-0.15, -0.1) is 0 Å². The fourth-order valence-corrected chi connectivity index (χ4v) is 3.70. The highest BCUT2D eigenvalue weighted by Crippen LogP contribution is 2.41. The van der Waals surface area contributed by atoms with Crippen molar-refractivity contribution in [2.24, 2.45) is 0 Å². The Morgan fingerprint density at radius 3 is 2.53 bits per heavy atom. The minimum atomic E-state index is -0.381. The standard InChI is InChI=1S/C15H19BrO/c16-14-9-11(10-15(17)7-8-15)5-6-13(14)12-3-1-2-4-12/h5-6,9,12,17H,1-4,7-8,10H2. The summed E-state index contributed by atoms with van der Waals surface area (Å²) in [7, 11) is 0. The van der Waals surface area contributed by atoms with E-state index in [1.54, 1.807) is 0 Å². The van der Waals surface area contributed by atoms with E-state index in [0.29, 0.717) is 0 Å². The van der Waals surface area contributed by atoms with Crippen LogP contribution in [0.1, 0.15) is 55.6 Å². The van der Waals surface area contributed by atoms with Gasteiger partial charge in [0, 0.05) is 10.9 Å². The van der Waals surface area contributed by atoms with E-state index in [1.165, 1.54) is 41.3 Å². The molecule has 0 bridgehead atoms. The molecule has 3 rings (SSSR count). The number of aliphatic hydroxyl groups is 1. The Balaban J connectivity index is 1.78. The summed E-state index contributed by atoms with van der Waals surface area (Å²) >= 11 is 3.70. The first-order chi connectivity index (χ1) is 8.16. The van der Waals surface area contributed by atoms with Crippen LogP contribution in [0.5, 0.6) is 0 Å². The number of hydrogen-bond donors (Lipinski definition) is 1. The highest BCUT2D eigenvalue weighted by atomic mass is 79.9. The van der Waals surface area contributed by atoms with Crippen LogP contribution < -0.4 is 0 Å². The van der Waals surface area contributed by atoms with Crippen molar-refractivity contribution in [3.05, 3.63) is 33.8 Å². The Morgan fingerprint density at radius 2 is 1.94 bits per heavy atom. The van der Waals surface area contributed by atoms with Crippen LogP contribution in [0.4, 0.5) is 0 Å². The molecule has 17 heavy (non-hydrogen) atoms. The summed E-state index contributed by atoms with van der Waals surface area (Å²) in [4.78, 5) is 0. The quantitative estimate of drug-likeness (QED) is 0.887. The fourth-order valence-electron chi connectivity index (χ4n) is 2.95. The van der Waals surface area contributed by atoms with E-state index >= 15 is 0 Å². The Kier molecular flexibility index (Phi) is 3.04. The topological polar surface area (TPSA) is 20.2 Å². The molecule has 1 aromatic carbocycles. The molecule has 0 amide bonds. The first-order valence-electron chi connectivity index (χ1n) is 6.67. The Hall–Kier alpha value is -0.340. The zero-order valence-electron chi connectivity index (χ0n) is 10.1. The number of hydrogen-bond acceptors (Lipinski definition) is 1. The van der Waals surface area contributed by atoms with Gasteiger partial charge in [0.15, 0.2) is 0 Å². The summed E-state index contributed by atoms with van der Waals surface area (Å²) in [5.41, 5.74) is 2.35. The second-order valence-electron chi connectivity index (χ2n) is 5.74. The lowest BCUT2D eigenvalue weighted by atomic mass is 9.95. The zero-order valence-corrected chi connectivity index (χ0v) is 11.7. The van der Waals surface area contributed by atoms with E-state index < -0.39 is 0 Å². The van der Waals surface area contributed by atoms with Gasteiger partial charge in [-0.05, 0) is 48.8 Å². The summed E-state index contributed by atoms with van der Waals surface area (Å²) in [5.74, 6) is 0.752. The van der Waals surface area contributed by atoms with E-state index in [-0.39, 0.29) is 5.60 Å². The maximum Gasteiger partial charge on any atom is 0.0690 e. The summed E-state index contributed by atoms with van der Waals surface area (Å²) < 4.78 is 1.24. The molecule has 0 saturated heterocycles. The molecular formula is C15H19BrO. The van der Waals surface area contributed by atoms with Crippen molar-refractivity contribution in [1.29, 1.82) is 0 Å². The van der Waals surface area contributed by atoms with Gasteiger partial charge in [-0.25, -0.2) is 0 Å². The number of rotatable bonds is 3. The average Bonchev–Trinajstić information content (AvgIpc) is 2.81. The molecule has 1 nitrogen and oxygen atoms in total. The molecule has 0 radical (unpaired) electrons. The Labute approximate surface area is 111 Å². The minimum absolute atomic E-state index is 0.381. The molecule has 0 aliphatic heterocycles. The minimum Gasteiger partial charge on any atom is -0.390 e. The van der Waals surface area contributed by atoms with Gasteiger partial charge < -0.3 is 5.11 Å². The maximum absolute atomic E-state index is 9.94. The second-order valence-corrected chi connectivity index (χ2v) is 6.59. The van der Waals surface area contributed by atoms with Gasteiger partial charge in [0.05, 0.1) is 5.60 Å². The molecule has 0 heterocycles.